The molecule has 0 aromatic rings. The lowest BCUT2D eigenvalue weighted by atomic mass is 9.43. The number of carbonyl (C=O) groups is 1. The molecule has 9 atom stereocenters. The number of ether oxygens (including phenoxy) is 1. The van der Waals surface area contributed by atoms with E-state index in [1.165, 1.54) is 6.08 Å². The van der Waals surface area contributed by atoms with Crippen LogP contribution in [0.15, 0.2) is 11.6 Å². The first-order chi connectivity index (χ1) is 13.2. The highest BCUT2D eigenvalue weighted by atomic mass is 16.5. The Morgan fingerprint density at radius 2 is 1.86 bits per heavy atom. The second-order valence-corrected chi connectivity index (χ2v) is 10.9. The molecule has 3 unspecified atom stereocenters. The van der Waals surface area contributed by atoms with Gasteiger partial charge in [-0.1, -0.05) is 13.8 Å². The van der Waals surface area contributed by atoms with Gasteiger partial charge < -0.3 is 20.1 Å². The van der Waals surface area contributed by atoms with Crippen molar-refractivity contribution in [3.63, 3.8) is 0 Å². The third-order valence-corrected chi connectivity index (χ3v) is 9.92. The van der Waals surface area contributed by atoms with Crippen LogP contribution in [0.2, 0.25) is 0 Å². The van der Waals surface area contributed by atoms with E-state index in [0.29, 0.717) is 18.3 Å². The van der Waals surface area contributed by atoms with E-state index >= 15 is 0 Å². The van der Waals surface area contributed by atoms with E-state index in [1.807, 2.05) is 0 Å². The SMILES string of the molecule is C[C@]12CC[C@H](O)CC1CCC1C2CC[C@]2(C)[C@@H](C3=CC(=O)OC3)[C@@H](O)C[C@]12O. The zero-order valence-electron chi connectivity index (χ0n) is 17.1. The highest BCUT2D eigenvalue weighted by molar-refractivity contribution is 5.85. The van der Waals surface area contributed by atoms with Gasteiger partial charge in [0.15, 0.2) is 0 Å². The second-order valence-electron chi connectivity index (χ2n) is 10.9. The molecule has 5 heteroatoms. The second kappa shape index (κ2) is 6.05. The van der Waals surface area contributed by atoms with Crippen LogP contribution in [-0.4, -0.2) is 45.7 Å². The maximum atomic E-state index is 12.1. The summed E-state index contributed by atoms with van der Waals surface area (Å²) < 4.78 is 5.14. The molecular weight excluding hydrogens is 356 g/mol. The molecule has 0 amide bonds. The summed E-state index contributed by atoms with van der Waals surface area (Å²) in [5, 5.41) is 33.3. The van der Waals surface area contributed by atoms with Gasteiger partial charge in [0.1, 0.15) is 6.61 Å². The van der Waals surface area contributed by atoms with Crippen molar-refractivity contribution in [2.45, 2.75) is 83.0 Å². The van der Waals surface area contributed by atoms with Crippen LogP contribution in [0.25, 0.3) is 0 Å². The number of esters is 1. The Bertz CT molecular complexity index is 718. The van der Waals surface area contributed by atoms with Crippen LogP contribution < -0.4 is 0 Å². The van der Waals surface area contributed by atoms with Crippen molar-refractivity contribution in [3.05, 3.63) is 11.6 Å². The van der Waals surface area contributed by atoms with E-state index in [2.05, 4.69) is 13.8 Å². The Morgan fingerprint density at radius 3 is 2.57 bits per heavy atom. The summed E-state index contributed by atoms with van der Waals surface area (Å²) in [4.78, 5) is 11.7. The van der Waals surface area contributed by atoms with Gasteiger partial charge in [0, 0.05) is 23.8 Å². The minimum Gasteiger partial charge on any atom is -0.458 e. The van der Waals surface area contributed by atoms with E-state index in [9.17, 15) is 20.1 Å². The monoisotopic (exact) mass is 390 g/mol. The van der Waals surface area contributed by atoms with Crippen molar-refractivity contribution in [3.8, 4) is 0 Å². The number of fused-ring (bicyclic) bond motifs is 5. The first-order valence-electron chi connectivity index (χ1n) is 11.1. The average molecular weight is 391 g/mol. The minimum atomic E-state index is -0.906. The Morgan fingerprint density at radius 1 is 1.07 bits per heavy atom. The molecule has 5 rings (SSSR count). The van der Waals surface area contributed by atoms with Crippen LogP contribution in [0, 0.1) is 34.5 Å². The van der Waals surface area contributed by atoms with Crippen molar-refractivity contribution < 1.29 is 24.9 Å². The smallest absolute Gasteiger partial charge is 0.331 e. The predicted molar refractivity (Wildman–Crippen MR) is 103 cm³/mol. The molecule has 0 bridgehead atoms. The molecule has 28 heavy (non-hydrogen) atoms. The number of cyclic esters (lactones) is 1. The first kappa shape index (κ1) is 19.1. The van der Waals surface area contributed by atoms with E-state index in [4.69, 9.17) is 4.74 Å². The lowest BCUT2D eigenvalue weighted by Gasteiger charge is -2.63. The third-order valence-electron chi connectivity index (χ3n) is 9.92. The largest absolute Gasteiger partial charge is 0.458 e. The topological polar surface area (TPSA) is 87.0 Å². The van der Waals surface area contributed by atoms with Gasteiger partial charge in [0.05, 0.1) is 17.8 Å². The summed E-state index contributed by atoms with van der Waals surface area (Å²) in [6, 6.07) is 0. The van der Waals surface area contributed by atoms with Crippen LogP contribution in [-0.2, 0) is 9.53 Å². The Kier molecular flexibility index (Phi) is 4.12. The molecule has 4 fully saturated rings. The van der Waals surface area contributed by atoms with Gasteiger partial charge in [-0.25, -0.2) is 4.79 Å². The van der Waals surface area contributed by atoms with E-state index in [-0.39, 0.29) is 35.9 Å². The Balaban J connectivity index is 1.50. The average Bonchev–Trinajstić information content (AvgIpc) is 3.13. The zero-order valence-corrected chi connectivity index (χ0v) is 17.1. The molecule has 5 aliphatic rings. The summed E-state index contributed by atoms with van der Waals surface area (Å²) >= 11 is 0. The molecular formula is C23H34O5. The van der Waals surface area contributed by atoms with E-state index in [0.717, 1.165) is 50.5 Å². The first-order valence-corrected chi connectivity index (χ1v) is 11.1. The predicted octanol–water partition coefficient (Wildman–Crippen LogP) is 2.58. The number of carbonyl (C=O) groups excluding carboxylic acids is 1. The number of rotatable bonds is 1. The fourth-order valence-electron chi connectivity index (χ4n) is 8.47. The quantitative estimate of drug-likeness (QED) is 0.599. The summed E-state index contributed by atoms with van der Waals surface area (Å²) in [5.74, 6) is 0.627. The Hall–Kier alpha value is -0.910. The van der Waals surface area contributed by atoms with Gasteiger partial charge in [-0.05, 0) is 73.7 Å². The van der Waals surface area contributed by atoms with Crippen molar-refractivity contribution in [1.29, 1.82) is 0 Å². The highest BCUT2D eigenvalue weighted by Crippen LogP contribution is 2.69. The molecule has 1 aliphatic heterocycles. The van der Waals surface area contributed by atoms with Crippen molar-refractivity contribution in [1.82, 2.24) is 0 Å². The van der Waals surface area contributed by atoms with Gasteiger partial charge in [-0.15, -0.1) is 0 Å². The zero-order chi connectivity index (χ0) is 19.9. The van der Waals surface area contributed by atoms with E-state index < -0.39 is 17.1 Å². The standard InChI is InChI=1S/C23H34O5/c1-21-7-5-15(24)10-14(21)3-4-17-16(21)6-8-22(2)20(13-9-19(26)28-12-13)18(25)11-23(17,22)27/h9,14-18,20,24-25,27H,3-8,10-12H2,1-2H3/t14?,15-,16?,17?,18-,20-,21-,22+,23-/m0/s1. The lowest BCUT2D eigenvalue weighted by Crippen LogP contribution is -2.62. The molecule has 0 saturated heterocycles. The fourth-order valence-corrected chi connectivity index (χ4v) is 8.47. The van der Waals surface area contributed by atoms with Crippen LogP contribution in [0.4, 0.5) is 0 Å². The van der Waals surface area contributed by atoms with Crippen molar-refractivity contribution in [2.24, 2.45) is 34.5 Å². The van der Waals surface area contributed by atoms with Crippen LogP contribution in [0.1, 0.15) is 65.2 Å². The molecule has 4 saturated carbocycles. The summed E-state index contributed by atoms with van der Waals surface area (Å²) in [6.07, 6.45) is 7.87. The van der Waals surface area contributed by atoms with Gasteiger partial charge in [-0.3, -0.25) is 0 Å². The maximum Gasteiger partial charge on any atom is 0.331 e. The van der Waals surface area contributed by atoms with Gasteiger partial charge in [0.2, 0.25) is 0 Å². The van der Waals surface area contributed by atoms with Crippen LogP contribution >= 0.6 is 0 Å². The highest BCUT2D eigenvalue weighted by Gasteiger charge is 2.70. The molecule has 3 N–H and O–H groups in total. The maximum absolute atomic E-state index is 12.1. The Labute approximate surface area is 167 Å². The molecule has 0 aromatic heterocycles. The van der Waals surface area contributed by atoms with Gasteiger partial charge in [-0.2, -0.15) is 0 Å². The molecule has 156 valence electrons. The van der Waals surface area contributed by atoms with Crippen molar-refractivity contribution >= 4 is 5.97 Å². The minimum absolute atomic E-state index is 0.170. The van der Waals surface area contributed by atoms with Crippen molar-refractivity contribution in [2.75, 3.05) is 6.61 Å². The molecule has 0 spiro atoms. The van der Waals surface area contributed by atoms with Crippen LogP contribution in [0.5, 0.6) is 0 Å². The number of hydrogen-bond donors (Lipinski definition) is 3. The van der Waals surface area contributed by atoms with Crippen LogP contribution in [0.3, 0.4) is 0 Å². The molecule has 0 aromatic carbocycles. The van der Waals surface area contributed by atoms with Gasteiger partial charge >= 0.3 is 5.97 Å². The molecule has 5 nitrogen and oxygen atoms in total. The lowest BCUT2D eigenvalue weighted by molar-refractivity contribution is -0.208. The molecule has 4 aliphatic carbocycles. The number of aliphatic hydroxyl groups is 3. The third kappa shape index (κ3) is 2.33. The number of hydrogen-bond acceptors (Lipinski definition) is 5. The summed E-state index contributed by atoms with van der Waals surface area (Å²) in [6.45, 7) is 4.77. The molecule has 0 radical (unpaired) electrons. The van der Waals surface area contributed by atoms with Gasteiger partial charge in [0.25, 0.3) is 0 Å². The van der Waals surface area contributed by atoms with E-state index in [1.54, 1.807) is 0 Å². The summed E-state index contributed by atoms with van der Waals surface area (Å²) in [5.41, 5.74) is -0.301. The number of aliphatic hydroxyl groups excluding tert-OH is 2. The normalized spacial score (nSPS) is 55.8. The fraction of sp³-hybridized carbons (Fsp3) is 0.870. The summed E-state index contributed by atoms with van der Waals surface area (Å²) in [7, 11) is 0. The molecule has 1 heterocycles.